The second-order valence-electron chi connectivity index (χ2n) is 3.65. The monoisotopic (exact) mass is 406 g/mol. The average molecular weight is 408 g/mol. The largest absolute Gasteiger partial charge is 0.493 e. The van der Waals surface area contributed by atoms with Gasteiger partial charge >= 0.3 is 0 Å². The fraction of sp³-hybridized carbons (Fsp3) is 0.0833. The van der Waals surface area contributed by atoms with Gasteiger partial charge in [0.2, 0.25) is 0 Å². The van der Waals surface area contributed by atoms with Crippen molar-refractivity contribution in [3.8, 4) is 5.75 Å². The fourth-order valence-corrected chi connectivity index (χ4v) is 2.86. The predicted molar refractivity (Wildman–Crippen MR) is 82.1 cm³/mol. The quantitative estimate of drug-likeness (QED) is 0.788. The molecule has 0 saturated carbocycles. The molecule has 7 heteroatoms. The van der Waals surface area contributed by atoms with Crippen LogP contribution in [0.1, 0.15) is 10.5 Å². The molecule has 1 aromatic carbocycles. The third kappa shape index (κ3) is 3.32. The summed E-state index contributed by atoms with van der Waals surface area (Å²) in [5.41, 5.74) is 0.933. The van der Waals surface area contributed by atoms with E-state index in [-0.39, 0.29) is 5.91 Å². The van der Waals surface area contributed by atoms with Gasteiger partial charge in [0.05, 0.1) is 17.3 Å². The molecule has 0 aliphatic rings. The van der Waals surface area contributed by atoms with Crippen molar-refractivity contribution in [2.24, 2.45) is 0 Å². The number of anilines is 1. The number of carbonyl (C=O) groups excluding carboxylic acids is 1. The van der Waals surface area contributed by atoms with Crippen LogP contribution in [0.5, 0.6) is 5.75 Å². The number of methoxy groups -OCH3 is 1. The molecule has 2 N–H and O–H groups in total. The standard InChI is InChI=1S/C12H9Br2ClN2O2/c1-19-11-8(14)3-7(15)4-9(11)17-12(18)10-2-6(13)5-16-10/h2-5,16H,1H3,(H,17,18). The second-order valence-corrected chi connectivity index (χ2v) is 5.86. The molecule has 1 aromatic heterocycles. The van der Waals surface area contributed by atoms with Crippen LogP contribution in [0.2, 0.25) is 5.02 Å². The van der Waals surface area contributed by atoms with Gasteiger partial charge < -0.3 is 15.0 Å². The summed E-state index contributed by atoms with van der Waals surface area (Å²) in [5.74, 6) is 0.238. The van der Waals surface area contributed by atoms with Crippen molar-refractivity contribution in [3.05, 3.63) is 44.1 Å². The Morgan fingerprint density at radius 1 is 1.37 bits per heavy atom. The molecule has 0 fully saturated rings. The molecule has 0 atom stereocenters. The molecule has 0 aliphatic heterocycles. The minimum absolute atomic E-state index is 0.279. The Labute approximate surface area is 131 Å². The molecule has 0 spiro atoms. The highest BCUT2D eigenvalue weighted by atomic mass is 79.9. The van der Waals surface area contributed by atoms with Crippen LogP contribution in [0, 0.1) is 0 Å². The molecule has 0 radical (unpaired) electrons. The SMILES string of the molecule is COc1c(Br)cc(Cl)cc1NC(=O)c1cc(Br)c[nH]1. The zero-order valence-corrected chi connectivity index (χ0v) is 13.7. The van der Waals surface area contributed by atoms with Gasteiger partial charge in [-0.25, -0.2) is 0 Å². The lowest BCUT2D eigenvalue weighted by Crippen LogP contribution is -2.13. The Kier molecular flexibility index (Phi) is 4.54. The van der Waals surface area contributed by atoms with Gasteiger partial charge in [0.1, 0.15) is 5.69 Å². The summed E-state index contributed by atoms with van der Waals surface area (Å²) in [6.07, 6.45) is 1.68. The number of aromatic nitrogens is 1. The number of carbonyl (C=O) groups is 1. The molecule has 19 heavy (non-hydrogen) atoms. The lowest BCUT2D eigenvalue weighted by Gasteiger charge is -2.11. The third-order valence-electron chi connectivity index (χ3n) is 2.35. The van der Waals surface area contributed by atoms with Gasteiger partial charge in [0.25, 0.3) is 5.91 Å². The van der Waals surface area contributed by atoms with Crippen molar-refractivity contribution in [1.82, 2.24) is 4.98 Å². The van der Waals surface area contributed by atoms with E-state index in [1.54, 1.807) is 24.4 Å². The van der Waals surface area contributed by atoms with Gasteiger partial charge in [-0.15, -0.1) is 0 Å². The molecule has 4 nitrogen and oxygen atoms in total. The van der Waals surface area contributed by atoms with E-state index in [2.05, 4.69) is 42.2 Å². The smallest absolute Gasteiger partial charge is 0.272 e. The van der Waals surface area contributed by atoms with E-state index in [1.165, 1.54) is 7.11 Å². The summed E-state index contributed by atoms with van der Waals surface area (Å²) in [6, 6.07) is 5.00. The molecular weight excluding hydrogens is 399 g/mol. The van der Waals surface area contributed by atoms with Gasteiger partial charge in [-0.05, 0) is 50.1 Å². The molecule has 0 bridgehead atoms. The number of hydrogen-bond acceptors (Lipinski definition) is 2. The topological polar surface area (TPSA) is 54.1 Å². The van der Waals surface area contributed by atoms with Gasteiger partial charge in [0, 0.05) is 15.7 Å². The molecule has 100 valence electrons. The van der Waals surface area contributed by atoms with Crippen molar-refractivity contribution < 1.29 is 9.53 Å². The highest BCUT2D eigenvalue weighted by Gasteiger charge is 2.14. The van der Waals surface area contributed by atoms with Crippen LogP contribution in [0.15, 0.2) is 33.3 Å². The first-order valence-corrected chi connectivity index (χ1v) is 7.16. The lowest BCUT2D eigenvalue weighted by atomic mass is 10.2. The Hall–Kier alpha value is -0.980. The summed E-state index contributed by atoms with van der Waals surface area (Å²) in [5, 5.41) is 3.24. The molecule has 2 aromatic rings. The van der Waals surface area contributed by atoms with Crippen LogP contribution in [-0.4, -0.2) is 18.0 Å². The van der Waals surface area contributed by atoms with Crippen molar-refractivity contribution >= 4 is 55.1 Å². The van der Waals surface area contributed by atoms with Crippen LogP contribution in [0.4, 0.5) is 5.69 Å². The fourth-order valence-electron chi connectivity index (χ4n) is 1.55. The van der Waals surface area contributed by atoms with Gasteiger partial charge in [-0.3, -0.25) is 4.79 Å². The van der Waals surface area contributed by atoms with Crippen LogP contribution < -0.4 is 10.1 Å². The van der Waals surface area contributed by atoms with E-state index in [1.807, 2.05) is 0 Å². The van der Waals surface area contributed by atoms with E-state index < -0.39 is 0 Å². The minimum atomic E-state index is -0.279. The average Bonchev–Trinajstić information content (AvgIpc) is 2.75. The van der Waals surface area contributed by atoms with E-state index in [0.29, 0.717) is 26.6 Å². The highest BCUT2D eigenvalue weighted by Crippen LogP contribution is 2.36. The number of ether oxygens (including phenoxy) is 1. The Bertz CT molecular complexity index is 628. The number of benzene rings is 1. The molecule has 0 saturated heterocycles. The maximum Gasteiger partial charge on any atom is 0.272 e. The molecule has 1 heterocycles. The molecule has 1 amide bonds. The molecule has 0 unspecified atom stereocenters. The summed E-state index contributed by atoms with van der Waals surface area (Å²) in [6.45, 7) is 0. The Balaban J connectivity index is 2.30. The van der Waals surface area contributed by atoms with E-state index in [9.17, 15) is 4.79 Å². The highest BCUT2D eigenvalue weighted by molar-refractivity contribution is 9.10. The van der Waals surface area contributed by atoms with Crippen LogP contribution in [0.3, 0.4) is 0 Å². The minimum Gasteiger partial charge on any atom is -0.493 e. The number of nitrogens with one attached hydrogen (secondary N) is 2. The zero-order valence-electron chi connectivity index (χ0n) is 9.76. The summed E-state index contributed by atoms with van der Waals surface area (Å²) < 4.78 is 6.71. The van der Waals surface area contributed by atoms with E-state index in [0.717, 1.165) is 4.47 Å². The number of hydrogen-bond donors (Lipinski definition) is 2. The van der Waals surface area contributed by atoms with Gasteiger partial charge in [0.15, 0.2) is 5.75 Å². The number of halogens is 3. The first-order chi connectivity index (χ1) is 9.01. The van der Waals surface area contributed by atoms with Crippen LogP contribution in [-0.2, 0) is 0 Å². The molecule has 0 aliphatic carbocycles. The van der Waals surface area contributed by atoms with Crippen molar-refractivity contribution in [2.45, 2.75) is 0 Å². The van der Waals surface area contributed by atoms with Crippen LogP contribution in [0.25, 0.3) is 0 Å². The number of H-pyrrole nitrogens is 1. The van der Waals surface area contributed by atoms with Gasteiger partial charge in [-0.2, -0.15) is 0 Å². The molecular formula is C12H9Br2ClN2O2. The van der Waals surface area contributed by atoms with Gasteiger partial charge in [-0.1, -0.05) is 11.6 Å². The predicted octanol–water partition coefficient (Wildman–Crippen LogP) is 4.45. The first-order valence-electron chi connectivity index (χ1n) is 5.19. The number of rotatable bonds is 3. The normalized spacial score (nSPS) is 10.3. The van der Waals surface area contributed by atoms with E-state index in [4.69, 9.17) is 16.3 Å². The maximum absolute atomic E-state index is 12.0. The summed E-state index contributed by atoms with van der Waals surface area (Å²) in [7, 11) is 1.52. The zero-order chi connectivity index (χ0) is 14.0. The lowest BCUT2D eigenvalue weighted by molar-refractivity contribution is 0.102. The third-order valence-corrected chi connectivity index (χ3v) is 3.62. The van der Waals surface area contributed by atoms with Crippen LogP contribution >= 0.6 is 43.5 Å². The Morgan fingerprint density at radius 2 is 2.11 bits per heavy atom. The summed E-state index contributed by atoms with van der Waals surface area (Å²) >= 11 is 12.6. The number of aromatic amines is 1. The summed E-state index contributed by atoms with van der Waals surface area (Å²) in [4.78, 5) is 14.9. The second kappa shape index (κ2) is 5.98. The van der Waals surface area contributed by atoms with Crippen molar-refractivity contribution in [1.29, 1.82) is 0 Å². The molecule has 2 rings (SSSR count). The van der Waals surface area contributed by atoms with Crippen molar-refractivity contribution in [2.75, 3.05) is 12.4 Å². The first kappa shape index (κ1) is 14.4. The van der Waals surface area contributed by atoms with Crippen molar-refractivity contribution in [3.63, 3.8) is 0 Å². The maximum atomic E-state index is 12.0. The van der Waals surface area contributed by atoms with E-state index >= 15 is 0 Å². The Morgan fingerprint density at radius 3 is 2.68 bits per heavy atom. The number of amides is 1.